The first kappa shape index (κ1) is 19.6. The van der Waals surface area contributed by atoms with Crippen molar-refractivity contribution >= 4 is 21.8 Å². The number of piperazine rings is 1. The lowest BCUT2D eigenvalue weighted by molar-refractivity contribution is 0.381. The van der Waals surface area contributed by atoms with Gasteiger partial charge < -0.3 is 14.4 Å². The average Bonchev–Trinajstić information content (AvgIpc) is 3.12. The third-order valence-electron chi connectivity index (χ3n) is 4.59. The smallest absolute Gasteiger partial charge is 0.262 e. The Morgan fingerprint density at radius 1 is 1.11 bits per heavy atom. The van der Waals surface area contributed by atoms with Crippen LogP contribution < -0.4 is 9.80 Å². The molecule has 0 spiro atoms. The molecule has 0 N–H and O–H groups in total. The Morgan fingerprint density at radius 3 is 2.33 bits per heavy atom. The quantitative estimate of drug-likeness (QED) is 0.753. The molecule has 9 nitrogen and oxygen atoms in total. The molecular formula is C17H27N7O2S. The van der Waals surface area contributed by atoms with Crippen LogP contribution in [0.15, 0.2) is 23.6 Å². The van der Waals surface area contributed by atoms with Crippen LogP contribution in [0.4, 0.5) is 11.8 Å². The number of hydrogen-bond donors (Lipinski definition) is 0. The summed E-state index contributed by atoms with van der Waals surface area (Å²) in [7, 11) is 0.289. The lowest BCUT2D eigenvalue weighted by atomic mass is 10.3. The van der Waals surface area contributed by atoms with E-state index in [0.717, 1.165) is 11.5 Å². The molecule has 3 heterocycles. The van der Waals surface area contributed by atoms with Crippen molar-refractivity contribution in [1.29, 1.82) is 0 Å². The Morgan fingerprint density at radius 2 is 1.78 bits per heavy atom. The fourth-order valence-corrected chi connectivity index (χ4v) is 4.25. The molecule has 0 amide bonds. The van der Waals surface area contributed by atoms with E-state index in [1.807, 2.05) is 50.7 Å². The third-order valence-corrected chi connectivity index (χ3v) is 6.37. The number of aromatic nitrogens is 4. The Labute approximate surface area is 160 Å². The minimum atomic E-state index is -3.58. The Hall–Kier alpha value is -2.20. The Balaban J connectivity index is 1.73. The molecule has 2 aromatic heterocycles. The van der Waals surface area contributed by atoms with Crippen molar-refractivity contribution in [3.05, 3.63) is 24.3 Å². The first-order valence-electron chi connectivity index (χ1n) is 9.00. The summed E-state index contributed by atoms with van der Waals surface area (Å²) < 4.78 is 29.0. The van der Waals surface area contributed by atoms with E-state index in [0.29, 0.717) is 32.1 Å². The molecule has 0 radical (unpaired) electrons. The fourth-order valence-electron chi connectivity index (χ4n) is 2.90. The van der Waals surface area contributed by atoms with Crippen LogP contribution in [0.25, 0.3) is 0 Å². The van der Waals surface area contributed by atoms with Gasteiger partial charge in [0, 0.05) is 64.3 Å². The highest BCUT2D eigenvalue weighted by molar-refractivity contribution is 7.89. The summed E-state index contributed by atoms with van der Waals surface area (Å²) >= 11 is 0. The highest BCUT2D eigenvalue weighted by atomic mass is 32.2. The van der Waals surface area contributed by atoms with E-state index in [9.17, 15) is 8.42 Å². The van der Waals surface area contributed by atoms with Crippen molar-refractivity contribution in [3.63, 3.8) is 0 Å². The average molecular weight is 394 g/mol. The molecule has 0 saturated carbocycles. The van der Waals surface area contributed by atoms with Gasteiger partial charge in [0.2, 0.25) is 5.95 Å². The van der Waals surface area contributed by atoms with Gasteiger partial charge in [-0.3, -0.25) is 0 Å². The van der Waals surface area contributed by atoms with Gasteiger partial charge in [0.25, 0.3) is 10.0 Å². The maximum Gasteiger partial charge on any atom is 0.262 e. The zero-order valence-electron chi connectivity index (χ0n) is 16.5. The van der Waals surface area contributed by atoms with Crippen LogP contribution >= 0.6 is 0 Å². The third kappa shape index (κ3) is 4.06. The number of imidazole rings is 1. The summed E-state index contributed by atoms with van der Waals surface area (Å²) in [6.45, 7) is 7.75. The normalized spacial score (nSPS) is 16.1. The van der Waals surface area contributed by atoms with Crippen molar-refractivity contribution in [2.45, 2.75) is 31.8 Å². The molecule has 1 saturated heterocycles. The van der Waals surface area contributed by atoms with Crippen LogP contribution in [0, 0.1) is 6.92 Å². The molecule has 10 heteroatoms. The fraction of sp³-hybridized carbons (Fsp3) is 0.588. The molecule has 3 rings (SSSR count). The van der Waals surface area contributed by atoms with Gasteiger partial charge in [0.05, 0.1) is 6.33 Å². The summed E-state index contributed by atoms with van der Waals surface area (Å²) in [5, 5.41) is 0.103. The van der Waals surface area contributed by atoms with Gasteiger partial charge in [-0.1, -0.05) is 0 Å². The number of rotatable bonds is 5. The van der Waals surface area contributed by atoms with Gasteiger partial charge in [-0.2, -0.15) is 9.29 Å². The molecule has 27 heavy (non-hydrogen) atoms. The second kappa shape index (κ2) is 7.43. The summed E-state index contributed by atoms with van der Waals surface area (Å²) in [6.07, 6.45) is 3.16. The largest absolute Gasteiger partial charge is 0.363 e. The first-order valence-corrected chi connectivity index (χ1v) is 10.4. The minimum absolute atomic E-state index is 0.103. The number of nitrogens with zero attached hydrogens (tertiary/aromatic N) is 7. The van der Waals surface area contributed by atoms with Crippen molar-refractivity contribution < 1.29 is 8.42 Å². The summed E-state index contributed by atoms with van der Waals surface area (Å²) in [5.74, 6) is 1.48. The van der Waals surface area contributed by atoms with E-state index in [4.69, 9.17) is 0 Å². The van der Waals surface area contributed by atoms with E-state index in [1.54, 1.807) is 17.1 Å². The molecule has 1 fully saturated rings. The minimum Gasteiger partial charge on any atom is -0.363 e. The van der Waals surface area contributed by atoms with Crippen LogP contribution in [0.1, 0.15) is 25.6 Å². The molecule has 1 aliphatic heterocycles. The molecule has 0 aliphatic carbocycles. The van der Waals surface area contributed by atoms with E-state index in [2.05, 4.69) is 15.0 Å². The lowest BCUT2D eigenvalue weighted by Crippen LogP contribution is -2.49. The number of hydrogen-bond acceptors (Lipinski definition) is 7. The van der Waals surface area contributed by atoms with Crippen molar-refractivity contribution in [2.24, 2.45) is 0 Å². The van der Waals surface area contributed by atoms with E-state index < -0.39 is 10.0 Å². The van der Waals surface area contributed by atoms with E-state index in [-0.39, 0.29) is 11.1 Å². The molecule has 148 valence electrons. The summed E-state index contributed by atoms with van der Waals surface area (Å²) in [5.41, 5.74) is 0.887. The molecule has 0 unspecified atom stereocenters. The zero-order valence-corrected chi connectivity index (χ0v) is 17.3. The monoisotopic (exact) mass is 393 g/mol. The number of aryl methyl sites for hydroxylation is 1. The highest BCUT2D eigenvalue weighted by Gasteiger charge is 2.31. The number of sulfonamides is 1. The van der Waals surface area contributed by atoms with Gasteiger partial charge in [-0.05, 0) is 20.8 Å². The first-order chi connectivity index (χ1) is 12.7. The van der Waals surface area contributed by atoms with Gasteiger partial charge in [0.15, 0.2) is 5.03 Å². The van der Waals surface area contributed by atoms with Gasteiger partial charge in [-0.15, -0.1) is 0 Å². The van der Waals surface area contributed by atoms with Crippen molar-refractivity contribution in [1.82, 2.24) is 23.8 Å². The predicted octanol–water partition coefficient (Wildman–Crippen LogP) is 1.14. The number of anilines is 2. The highest BCUT2D eigenvalue weighted by Crippen LogP contribution is 2.21. The van der Waals surface area contributed by atoms with Crippen LogP contribution in [-0.4, -0.2) is 72.5 Å². The molecule has 0 bridgehead atoms. The van der Waals surface area contributed by atoms with Gasteiger partial charge >= 0.3 is 0 Å². The van der Waals surface area contributed by atoms with E-state index in [1.165, 1.54) is 4.31 Å². The lowest BCUT2D eigenvalue weighted by Gasteiger charge is -2.33. The zero-order chi connectivity index (χ0) is 19.8. The van der Waals surface area contributed by atoms with Gasteiger partial charge in [0.1, 0.15) is 5.82 Å². The predicted molar refractivity (Wildman–Crippen MR) is 105 cm³/mol. The SMILES string of the molecule is Cc1cc(N(C)C)nc(N2CCN(S(=O)(=O)c3cn(C(C)C)cn3)CC2)n1. The molecule has 0 atom stereocenters. The maximum atomic E-state index is 12.9. The van der Waals surface area contributed by atoms with E-state index >= 15 is 0 Å². The Kier molecular flexibility index (Phi) is 5.38. The van der Waals surface area contributed by atoms with Crippen molar-refractivity contribution in [3.8, 4) is 0 Å². The van der Waals surface area contributed by atoms with Crippen LogP contribution in [-0.2, 0) is 10.0 Å². The maximum absolute atomic E-state index is 12.9. The molecule has 1 aliphatic rings. The molecule has 2 aromatic rings. The standard InChI is InChI=1S/C17H27N7O2S/c1-13(2)23-11-16(18-12-23)27(25,26)24-8-6-22(7-9-24)17-19-14(3)10-15(20-17)21(4)5/h10-13H,6-9H2,1-5H3. The topological polar surface area (TPSA) is 87.5 Å². The Bertz CT molecular complexity index is 900. The summed E-state index contributed by atoms with van der Waals surface area (Å²) in [4.78, 5) is 17.1. The second-order valence-electron chi connectivity index (χ2n) is 7.21. The molecule has 0 aromatic carbocycles. The summed E-state index contributed by atoms with van der Waals surface area (Å²) in [6, 6.07) is 2.09. The van der Waals surface area contributed by atoms with Crippen LogP contribution in [0.2, 0.25) is 0 Å². The van der Waals surface area contributed by atoms with Crippen LogP contribution in [0.5, 0.6) is 0 Å². The van der Waals surface area contributed by atoms with Crippen LogP contribution in [0.3, 0.4) is 0 Å². The van der Waals surface area contributed by atoms with Crippen molar-refractivity contribution in [2.75, 3.05) is 50.1 Å². The second-order valence-corrected chi connectivity index (χ2v) is 9.09. The van der Waals surface area contributed by atoms with Gasteiger partial charge in [-0.25, -0.2) is 18.4 Å². The molecular weight excluding hydrogens is 366 g/mol.